The molecule has 0 spiro atoms. The van der Waals surface area contributed by atoms with E-state index in [0.717, 1.165) is 4.90 Å². The lowest BCUT2D eigenvalue weighted by Crippen LogP contribution is -2.36. The summed E-state index contributed by atoms with van der Waals surface area (Å²) in [6.07, 6.45) is 1.91. The Labute approximate surface area is 167 Å². The quantitative estimate of drug-likeness (QED) is 0.562. The summed E-state index contributed by atoms with van der Waals surface area (Å²) in [6, 6.07) is 16.0. The van der Waals surface area contributed by atoms with E-state index in [1.807, 2.05) is 30.5 Å². The number of nitriles is 2. The van der Waals surface area contributed by atoms with Crippen molar-refractivity contribution in [1.82, 2.24) is 0 Å². The summed E-state index contributed by atoms with van der Waals surface area (Å²) in [4.78, 5) is 26.2. The monoisotopic (exact) mass is 395 g/mol. The average Bonchev–Trinajstić information content (AvgIpc) is 2.69. The SMILES string of the molecule is CSc1ccc([C@H](C(C#N)C#N)[C@@H](C(C)=O)C(=O)Nc2ccc(F)cc2)cc1. The molecule has 7 heteroatoms. The molecule has 1 amide bonds. The molecule has 0 heterocycles. The Morgan fingerprint density at radius 2 is 1.61 bits per heavy atom. The molecule has 142 valence electrons. The fraction of sp³-hybridized carbons (Fsp3) is 0.238. The van der Waals surface area contributed by atoms with Crippen LogP contribution >= 0.6 is 11.8 Å². The van der Waals surface area contributed by atoms with Crippen LogP contribution in [-0.4, -0.2) is 17.9 Å². The Bertz CT molecular complexity index is 916. The highest BCUT2D eigenvalue weighted by Gasteiger charge is 2.39. The summed E-state index contributed by atoms with van der Waals surface area (Å²) in [5.41, 5.74) is 0.875. The van der Waals surface area contributed by atoms with Crippen LogP contribution in [0.1, 0.15) is 18.4 Å². The molecule has 2 atom stereocenters. The minimum atomic E-state index is -1.24. The zero-order valence-corrected chi connectivity index (χ0v) is 16.2. The van der Waals surface area contributed by atoms with E-state index in [-0.39, 0.29) is 0 Å². The molecule has 2 aromatic rings. The third-order valence-corrected chi connectivity index (χ3v) is 5.07. The van der Waals surface area contributed by atoms with Gasteiger partial charge in [-0.2, -0.15) is 10.5 Å². The van der Waals surface area contributed by atoms with Gasteiger partial charge in [0.15, 0.2) is 0 Å². The lowest BCUT2D eigenvalue weighted by atomic mass is 9.75. The first kappa shape index (κ1) is 21.1. The first-order valence-corrected chi connectivity index (χ1v) is 9.63. The number of hydrogen-bond donors (Lipinski definition) is 1. The Hall–Kier alpha value is -3.16. The maximum Gasteiger partial charge on any atom is 0.235 e. The molecule has 0 aliphatic rings. The lowest BCUT2D eigenvalue weighted by Gasteiger charge is -2.25. The van der Waals surface area contributed by atoms with E-state index >= 15 is 0 Å². The zero-order valence-electron chi connectivity index (χ0n) is 15.3. The van der Waals surface area contributed by atoms with Crippen LogP contribution < -0.4 is 5.32 Å². The van der Waals surface area contributed by atoms with Crippen LogP contribution in [-0.2, 0) is 9.59 Å². The minimum absolute atomic E-state index is 0.319. The second-order valence-electron chi connectivity index (χ2n) is 6.12. The normalized spacial score (nSPS) is 12.5. The molecule has 0 aliphatic carbocycles. The van der Waals surface area contributed by atoms with E-state index < -0.39 is 35.3 Å². The van der Waals surface area contributed by atoms with Crippen molar-refractivity contribution in [3.8, 4) is 12.1 Å². The van der Waals surface area contributed by atoms with Crippen molar-refractivity contribution < 1.29 is 14.0 Å². The van der Waals surface area contributed by atoms with Gasteiger partial charge < -0.3 is 5.32 Å². The molecule has 1 N–H and O–H groups in total. The number of Topliss-reactive ketones (excluding diaryl/α,β-unsaturated/α-hetero) is 1. The fourth-order valence-electron chi connectivity index (χ4n) is 2.95. The van der Waals surface area contributed by atoms with Crippen LogP contribution in [0, 0.1) is 40.3 Å². The van der Waals surface area contributed by atoms with Crippen LogP contribution in [0.15, 0.2) is 53.4 Å². The molecule has 2 aromatic carbocycles. The van der Waals surface area contributed by atoms with E-state index in [4.69, 9.17) is 0 Å². The maximum absolute atomic E-state index is 13.1. The number of nitrogens with zero attached hydrogens (tertiary/aromatic N) is 2. The van der Waals surface area contributed by atoms with Gasteiger partial charge in [-0.25, -0.2) is 4.39 Å². The third-order valence-electron chi connectivity index (χ3n) is 4.33. The topological polar surface area (TPSA) is 93.8 Å². The molecule has 0 aliphatic heterocycles. The fourth-order valence-corrected chi connectivity index (χ4v) is 3.35. The largest absolute Gasteiger partial charge is 0.325 e. The molecular formula is C21H18FN3O2S. The zero-order chi connectivity index (χ0) is 20.7. The molecule has 0 aromatic heterocycles. The lowest BCUT2D eigenvalue weighted by molar-refractivity contribution is -0.131. The highest BCUT2D eigenvalue weighted by atomic mass is 32.2. The van der Waals surface area contributed by atoms with Crippen LogP contribution in [0.5, 0.6) is 0 Å². The first-order valence-electron chi connectivity index (χ1n) is 8.41. The molecule has 0 radical (unpaired) electrons. The third kappa shape index (κ3) is 4.97. The molecule has 0 saturated heterocycles. The molecular weight excluding hydrogens is 377 g/mol. The van der Waals surface area contributed by atoms with Gasteiger partial charge in [-0.15, -0.1) is 11.8 Å². The predicted octanol–water partition coefficient (Wildman–Crippen LogP) is 4.14. The second kappa shape index (κ2) is 9.68. The summed E-state index contributed by atoms with van der Waals surface area (Å²) in [5, 5.41) is 21.4. The van der Waals surface area contributed by atoms with Crippen molar-refractivity contribution in [1.29, 1.82) is 10.5 Å². The van der Waals surface area contributed by atoms with Gasteiger partial charge in [0.25, 0.3) is 0 Å². The number of amides is 1. The Morgan fingerprint density at radius 3 is 2.07 bits per heavy atom. The Balaban J connectivity index is 2.44. The van der Waals surface area contributed by atoms with Crippen molar-refractivity contribution in [3.63, 3.8) is 0 Å². The van der Waals surface area contributed by atoms with Crippen LogP contribution in [0.2, 0.25) is 0 Å². The van der Waals surface area contributed by atoms with E-state index in [0.29, 0.717) is 11.3 Å². The Morgan fingerprint density at radius 1 is 1.04 bits per heavy atom. The van der Waals surface area contributed by atoms with Crippen LogP contribution in [0.4, 0.5) is 10.1 Å². The summed E-state index contributed by atoms with van der Waals surface area (Å²) >= 11 is 1.53. The molecule has 0 bridgehead atoms. The highest BCUT2D eigenvalue weighted by molar-refractivity contribution is 7.98. The van der Waals surface area contributed by atoms with Gasteiger partial charge in [-0.1, -0.05) is 12.1 Å². The smallest absolute Gasteiger partial charge is 0.235 e. The average molecular weight is 395 g/mol. The second-order valence-corrected chi connectivity index (χ2v) is 7.00. The number of halogens is 1. The molecule has 0 saturated carbocycles. The minimum Gasteiger partial charge on any atom is -0.325 e. The molecule has 5 nitrogen and oxygen atoms in total. The highest BCUT2D eigenvalue weighted by Crippen LogP contribution is 2.34. The van der Waals surface area contributed by atoms with Crippen molar-refractivity contribution in [2.24, 2.45) is 11.8 Å². The number of ketones is 1. The number of benzene rings is 2. The molecule has 0 fully saturated rings. The van der Waals surface area contributed by atoms with E-state index in [9.17, 15) is 24.5 Å². The standard InChI is InChI=1S/C21H18FN3O2S/c1-13(26)19(21(27)25-17-7-5-16(22)6-8-17)20(15(11-23)12-24)14-3-9-18(28-2)10-4-14/h3-10,15,19-20H,1-2H3,(H,25,27)/t19-,20-/m1/s1. The number of anilines is 1. The van der Waals surface area contributed by atoms with E-state index in [2.05, 4.69) is 5.32 Å². The van der Waals surface area contributed by atoms with Gasteiger partial charge >= 0.3 is 0 Å². The maximum atomic E-state index is 13.1. The van der Waals surface area contributed by atoms with Gasteiger partial charge in [0.1, 0.15) is 23.4 Å². The van der Waals surface area contributed by atoms with Crippen molar-refractivity contribution >= 4 is 29.1 Å². The van der Waals surface area contributed by atoms with Gasteiger partial charge in [0, 0.05) is 16.5 Å². The summed E-state index contributed by atoms with van der Waals surface area (Å²) < 4.78 is 13.1. The van der Waals surface area contributed by atoms with Gasteiger partial charge in [0.05, 0.1) is 12.1 Å². The van der Waals surface area contributed by atoms with Gasteiger partial charge in [-0.3, -0.25) is 9.59 Å². The van der Waals surface area contributed by atoms with Crippen LogP contribution in [0.25, 0.3) is 0 Å². The number of hydrogen-bond acceptors (Lipinski definition) is 5. The number of rotatable bonds is 7. The van der Waals surface area contributed by atoms with E-state index in [1.165, 1.54) is 43.0 Å². The number of carbonyl (C=O) groups excluding carboxylic acids is 2. The molecule has 28 heavy (non-hydrogen) atoms. The number of thioether (sulfide) groups is 1. The molecule has 2 rings (SSSR count). The van der Waals surface area contributed by atoms with Crippen molar-refractivity contribution in [3.05, 3.63) is 59.9 Å². The Kier molecular flexibility index (Phi) is 7.31. The van der Waals surface area contributed by atoms with Gasteiger partial charge in [0.2, 0.25) is 5.91 Å². The van der Waals surface area contributed by atoms with Crippen molar-refractivity contribution in [2.75, 3.05) is 11.6 Å². The van der Waals surface area contributed by atoms with Crippen LogP contribution in [0.3, 0.4) is 0 Å². The predicted molar refractivity (Wildman–Crippen MR) is 105 cm³/mol. The number of nitrogens with one attached hydrogen (secondary N) is 1. The van der Waals surface area contributed by atoms with E-state index in [1.54, 1.807) is 12.1 Å². The summed E-state index contributed by atoms with van der Waals surface area (Å²) in [7, 11) is 0. The number of carbonyl (C=O) groups is 2. The summed E-state index contributed by atoms with van der Waals surface area (Å²) in [6.45, 7) is 1.25. The first-order chi connectivity index (χ1) is 13.4. The summed E-state index contributed by atoms with van der Waals surface area (Å²) in [5.74, 6) is -4.92. The van der Waals surface area contributed by atoms with Crippen molar-refractivity contribution in [2.45, 2.75) is 17.7 Å². The molecule has 0 unspecified atom stereocenters. The van der Waals surface area contributed by atoms with Gasteiger partial charge in [-0.05, 0) is 55.1 Å².